The highest BCUT2D eigenvalue weighted by molar-refractivity contribution is 6.03. The Hall–Kier alpha value is -2.44. The van der Waals surface area contributed by atoms with Gasteiger partial charge >= 0.3 is 6.03 Å². The van der Waals surface area contributed by atoms with Crippen molar-refractivity contribution in [3.05, 3.63) is 39.9 Å². The highest BCUT2D eigenvalue weighted by Crippen LogP contribution is 2.15. The van der Waals surface area contributed by atoms with Crippen LogP contribution in [0, 0.1) is 10.1 Å². The first-order chi connectivity index (χ1) is 8.99. The summed E-state index contributed by atoms with van der Waals surface area (Å²) in [5, 5.41) is 13.1. The maximum atomic E-state index is 11.6. The molecule has 3 amide bonds. The van der Waals surface area contributed by atoms with E-state index in [1.165, 1.54) is 19.2 Å². The summed E-state index contributed by atoms with van der Waals surface area (Å²) in [5.74, 6) is -0.244. The third-order valence-electron chi connectivity index (χ3n) is 3.10. The lowest BCUT2D eigenvalue weighted by atomic mass is 10.0. The van der Waals surface area contributed by atoms with Gasteiger partial charge in [0, 0.05) is 19.2 Å². The SMILES string of the molecule is CN1C(=O)NC(CCc2ccc([N+](=O)[O-])cc2)C1=O. The fourth-order valence-electron chi connectivity index (χ4n) is 1.93. The second kappa shape index (κ2) is 5.05. The topological polar surface area (TPSA) is 92.6 Å². The summed E-state index contributed by atoms with van der Waals surface area (Å²) in [6.45, 7) is 0. The number of amides is 3. The van der Waals surface area contributed by atoms with E-state index in [1.807, 2.05) is 0 Å². The van der Waals surface area contributed by atoms with Gasteiger partial charge in [-0.1, -0.05) is 12.1 Å². The van der Waals surface area contributed by atoms with Crippen LogP contribution in [0.1, 0.15) is 12.0 Å². The highest BCUT2D eigenvalue weighted by atomic mass is 16.6. The minimum Gasteiger partial charge on any atom is -0.326 e. The number of nitro groups is 1. The van der Waals surface area contributed by atoms with Gasteiger partial charge in [0.2, 0.25) is 0 Å². The van der Waals surface area contributed by atoms with E-state index in [4.69, 9.17) is 0 Å². The van der Waals surface area contributed by atoms with Crippen molar-refractivity contribution in [2.75, 3.05) is 7.05 Å². The maximum absolute atomic E-state index is 11.6. The number of likely N-dealkylation sites (N-methyl/N-ethyl adjacent to an activating group) is 1. The van der Waals surface area contributed by atoms with Crippen LogP contribution in [0.4, 0.5) is 10.5 Å². The number of urea groups is 1. The molecule has 1 heterocycles. The van der Waals surface area contributed by atoms with Crippen molar-refractivity contribution in [1.82, 2.24) is 10.2 Å². The minimum absolute atomic E-state index is 0.0359. The van der Waals surface area contributed by atoms with Crippen molar-refractivity contribution in [3.63, 3.8) is 0 Å². The van der Waals surface area contributed by atoms with E-state index in [9.17, 15) is 19.7 Å². The molecule has 7 nitrogen and oxygen atoms in total. The molecule has 1 aromatic carbocycles. The van der Waals surface area contributed by atoms with Crippen molar-refractivity contribution in [2.45, 2.75) is 18.9 Å². The molecular weight excluding hydrogens is 250 g/mol. The molecule has 0 aliphatic carbocycles. The fraction of sp³-hybridized carbons (Fsp3) is 0.333. The molecule has 0 bridgehead atoms. The number of nitrogens with zero attached hydrogens (tertiary/aromatic N) is 2. The van der Waals surface area contributed by atoms with Gasteiger partial charge in [-0.3, -0.25) is 19.8 Å². The van der Waals surface area contributed by atoms with E-state index in [0.29, 0.717) is 12.8 Å². The number of non-ortho nitro benzene ring substituents is 1. The highest BCUT2D eigenvalue weighted by Gasteiger charge is 2.34. The summed E-state index contributed by atoms with van der Waals surface area (Å²) in [6.07, 6.45) is 1.05. The standard InChI is InChI=1S/C12H13N3O4/c1-14-11(16)10(13-12(14)17)7-4-8-2-5-9(6-3-8)15(18)19/h2-3,5-6,10H,4,7H2,1H3,(H,13,17). The van der Waals surface area contributed by atoms with Gasteiger partial charge in [-0.25, -0.2) is 4.79 Å². The summed E-state index contributed by atoms with van der Waals surface area (Å²) >= 11 is 0. The molecule has 1 fully saturated rings. The number of hydrogen-bond acceptors (Lipinski definition) is 4. The van der Waals surface area contributed by atoms with Crippen molar-refractivity contribution in [1.29, 1.82) is 0 Å². The Bertz CT molecular complexity index is 526. The Labute approximate surface area is 109 Å². The van der Waals surface area contributed by atoms with E-state index in [0.717, 1.165) is 10.5 Å². The Morgan fingerprint density at radius 1 is 1.32 bits per heavy atom. The largest absolute Gasteiger partial charge is 0.326 e. The minimum atomic E-state index is -0.507. The van der Waals surface area contributed by atoms with E-state index < -0.39 is 17.0 Å². The number of carbonyl (C=O) groups is 2. The van der Waals surface area contributed by atoms with Crippen LogP contribution in [0.15, 0.2) is 24.3 Å². The number of hydrogen-bond donors (Lipinski definition) is 1. The lowest BCUT2D eigenvalue weighted by Crippen LogP contribution is -2.29. The Kier molecular flexibility index (Phi) is 3.46. The zero-order valence-corrected chi connectivity index (χ0v) is 10.3. The summed E-state index contributed by atoms with van der Waals surface area (Å²) in [4.78, 5) is 34.0. The molecule has 1 aliphatic rings. The van der Waals surface area contributed by atoms with E-state index in [-0.39, 0.29) is 11.6 Å². The molecule has 1 saturated heterocycles. The smallest absolute Gasteiger partial charge is 0.324 e. The van der Waals surface area contributed by atoms with Gasteiger partial charge in [-0.15, -0.1) is 0 Å². The molecular formula is C12H13N3O4. The van der Waals surface area contributed by atoms with Gasteiger partial charge in [0.15, 0.2) is 0 Å². The third-order valence-corrected chi connectivity index (χ3v) is 3.10. The molecule has 1 aromatic rings. The number of nitro benzene ring substituents is 1. The fourth-order valence-corrected chi connectivity index (χ4v) is 1.93. The maximum Gasteiger partial charge on any atom is 0.324 e. The molecule has 0 radical (unpaired) electrons. The second-order valence-corrected chi connectivity index (χ2v) is 4.36. The molecule has 1 aliphatic heterocycles. The number of nitrogens with one attached hydrogen (secondary N) is 1. The van der Waals surface area contributed by atoms with Gasteiger partial charge in [-0.05, 0) is 18.4 Å². The van der Waals surface area contributed by atoms with Gasteiger partial charge in [0.1, 0.15) is 6.04 Å². The summed E-state index contributed by atoms with van der Waals surface area (Å²) in [6, 6.07) is 5.27. The first-order valence-electron chi connectivity index (χ1n) is 5.80. The van der Waals surface area contributed by atoms with Gasteiger partial charge in [0.05, 0.1) is 4.92 Å². The first-order valence-corrected chi connectivity index (χ1v) is 5.80. The lowest BCUT2D eigenvalue weighted by molar-refractivity contribution is -0.384. The predicted octanol–water partition coefficient (Wildman–Crippen LogP) is 1.08. The quantitative estimate of drug-likeness (QED) is 0.499. The summed E-state index contributed by atoms with van der Waals surface area (Å²) in [7, 11) is 1.43. The van der Waals surface area contributed by atoms with Gasteiger partial charge < -0.3 is 5.32 Å². The Balaban J connectivity index is 1.94. The number of benzene rings is 1. The molecule has 1 N–H and O–H groups in total. The van der Waals surface area contributed by atoms with Crippen LogP contribution in [-0.4, -0.2) is 34.9 Å². The van der Waals surface area contributed by atoms with Crippen molar-refractivity contribution in [3.8, 4) is 0 Å². The van der Waals surface area contributed by atoms with Gasteiger partial charge in [0.25, 0.3) is 11.6 Å². The molecule has 0 aromatic heterocycles. The zero-order valence-electron chi connectivity index (χ0n) is 10.3. The van der Waals surface area contributed by atoms with Crippen molar-refractivity contribution in [2.24, 2.45) is 0 Å². The molecule has 1 unspecified atom stereocenters. The van der Waals surface area contributed by atoms with Crippen molar-refractivity contribution >= 4 is 17.6 Å². The molecule has 7 heteroatoms. The Morgan fingerprint density at radius 2 is 1.95 bits per heavy atom. The van der Waals surface area contributed by atoms with Crippen LogP contribution in [0.25, 0.3) is 0 Å². The molecule has 19 heavy (non-hydrogen) atoms. The zero-order chi connectivity index (χ0) is 14.0. The predicted molar refractivity (Wildman–Crippen MR) is 66.5 cm³/mol. The second-order valence-electron chi connectivity index (χ2n) is 4.36. The van der Waals surface area contributed by atoms with Crippen LogP contribution in [0.5, 0.6) is 0 Å². The molecule has 0 spiro atoms. The van der Waals surface area contributed by atoms with Crippen LogP contribution >= 0.6 is 0 Å². The number of rotatable bonds is 4. The molecule has 0 saturated carbocycles. The third kappa shape index (κ3) is 2.70. The van der Waals surface area contributed by atoms with Gasteiger partial charge in [-0.2, -0.15) is 0 Å². The van der Waals surface area contributed by atoms with E-state index >= 15 is 0 Å². The number of aryl methyl sites for hydroxylation is 1. The van der Waals surface area contributed by atoms with Crippen LogP contribution in [0.2, 0.25) is 0 Å². The summed E-state index contributed by atoms with van der Waals surface area (Å²) in [5.41, 5.74) is 0.927. The van der Waals surface area contributed by atoms with Crippen LogP contribution < -0.4 is 5.32 Å². The average molecular weight is 263 g/mol. The van der Waals surface area contributed by atoms with E-state index in [1.54, 1.807) is 12.1 Å². The Morgan fingerprint density at radius 3 is 2.42 bits per heavy atom. The molecule has 100 valence electrons. The number of carbonyl (C=O) groups excluding carboxylic acids is 2. The molecule has 1 atom stereocenters. The first kappa shape index (κ1) is 13.0. The molecule has 2 rings (SSSR count). The normalized spacial score (nSPS) is 18.6. The van der Waals surface area contributed by atoms with Crippen LogP contribution in [-0.2, 0) is 11.2 Å². The monoisotopic (exact) mass is 263 g/mol. The van der Waals surface area contributed by atoms with Crippen molar-refractivity contribution < 1.29 is 14.5 Å². The average Bonchev–Trinajstić information content (AvgIpc) is 2.64. The lowest BCUT2D eigenvalue weighted by Gasteiger charge is -2.07. The summed E-state index contributed by atoms with van der Waals surface area (Å²) < 4.78 is 0. The van der Waals surface area contributed by atoms with Crippen LogP contribution in [0.3, 0.4) is 0 Å². The van der Waals surface area contributed by atoms with E-state index in [2.05, 4.69) is 5.32 Å². The number of imide groups is 1.